The van der Waals surface area contributed by atoms with Gasteiger partial charge in [-0.2, -0.15) is 5.10 Å². The maximum Gasteiger partial charge on any atom is 0.125 e. The SMILES string of the molecule is CCC1C(C)CNc2cc(-c3cccs3)nn21. The zero-order valence-electron chi connectivity index (χ0n) is 10.2. The maximum absolute atomic E-state index is 4.76. The minimum Gasteiger partial charge on any atom is -0.370 e. The molecule has 0 aromatic carbocycles. The summed E-state index contributed by atoms with van der Waals surface area (Å²) in [6, 6.07) is 6.90. The van der Waals surface area contributed by atoms with Gasteiger partial charge in [0, 0.05) is 12.6 Å². The van der Waals surface area contributed by atoms with Gasteiger partial charge in [0.05, 0.1) is 10.9 Å². The van der Waals surface area contributed by atoms with Crippen LogP contribution < -0.4 is 5.32 Å². The number of fused-ring (bicyclic) bond motifs is 1. The molecule has 0 bridgehead atoms. The third-order valence-corrected chi connectivity index (χ3v) is 4.40. The molecule has 0 saturated carbocycles. The summed E-state index contributed by atoms with van der Waals surface area (Å²) in [6.45, 7) is 5.58. The first-order valence-corrected chi connectivity index (χ1v) is 7.05. The third-order valence-electron chi connectivity index (χ3n) is 3.50. The van der Waals surface area contributed by atoms with Gasteiger partial charge < -0.3 is 5.32 Å². The molecule has 1 N–H and O–H groups in total. The lowest BCUT2D eigenvalue weighted by atomic mass is 9.98. The van der Waals surface area contributed by atoms with Crippen molar-refractivity contribution in [3.63, 3.8) is 0 Å². The molecule has 4 heteroatoms. The molecular formula is C13H17N3S. The molecule has 1 aliphatic rings. The van der Waals surface area contributed by atoms with Gasteiger partial charge in [0.2, 0.25) is 0 Å². The highest BCUT2D eigenvalue weighted by molar-refractivity contribution is 7.13. The van der Waals surface area contributed by atoms with E-state index in [1.807, 2.05) is 0 Å². The quantitative estimate of drug-likeness (QED) is 0.878. The highest BCUT2D eigenvalue weighted by atomic mass is 32.1. The lowest BCUT2D eigenvalue weighted by Gasteiger charge is -2.30. The van der Waals surface area contributed by atoms with E-state index in [-0.39, 0.29) is 0 Å². The average Bonchev–Trinajstić information content (AvgIpc) is 2.97. The number of anilines is 1. The minimum atomic E-state index is 0.528. The Bertz CT molecular complexity index is 501. The maximum atomic E-state index is 4.76. The molecule has 17 heavy (non-hydrogen) atoms. The van der Waals surface area contributed by atoms with Crippen molar-refractivity contribution >= 4 is 17.2 Å². The first kappa shape index (κ1) is 10.8. The van der Waals surface area contributed by atoms with Gasteiger partial charge in [0.1, 0.15) is 11.5 Å². The van der Waals surface area contributed by atoms with Gasteiger partial charge >= 0.3 is 0 Å². The zero-order chi connectivity index (χ0) is 11.8. The summed E-state index contributed by atoms with van der Waals surface area (Å²) < 4.78 is 2.17. The topological polar surface area (TPSA) is 29.9 Å². The summed E-state index contributed by atoms with van der Waals surface area (Å²) in [6.07, 6.45) is 1.14. The monoisotopic (exact) mass is 247 g/mol. The van der Waals surface area contributed by atoms with E-state index in [0.717, 1.165) is 18.7 Å². The summed E-state index contributed by atoms with van der Waals surface area (Å²) in [5, 5.41) is 10.3. The number of thiophene rings is 1. The lowest BCUT2D eigenvalue weighted by Crippen LogP contribution is -2.30. The van der Waals surface area contributed by atoms with Crippen molar-refractivity contribution in [3.05, 3.63) is 23.6 Å². The molecular weight excluding hydrogens is 230 g/mol. The van der Waals surface area contributed by atoms with Crippen LogP contribution in [0.25, 0.3) is 10.6 Å². The second-order valence-corrected chi connectivity index (χ2v) is 5.62. The average molecular weight is 247 g/mol. The van der Waals surface area contributed by atoms with Crippen molar-refractivity contribution in [2.24, 2.45) is 5.92 Å². The van der Waals surface area contributed by atoms with Gasteiger partial charge in [0.15, 0.2) is 0 Å². The summed E-state index contributed by atoms with van der Waals surface area (Å²) in [5.41, 5.74) is 1.09. The van der Waals surface area contributed by atoms with E-state index in [1.165, 1.54) is 10.7 Å². The molecule has 3 rings (SSSR count). The Balaban J connectivity index is 2.02. The van der Waals surface area contributed by atoms with Crippen LogP contribution in [0.1, 0.15) is 26.3 Å². The molecule has 90 valence electrons. The molecule has 0 aliphatic carbocycles. The molecule has 3 nitrogen and oxygen atoms in total. The van der Waals surface area contributed by atoms with E-state index in [1.54, 1.807) is 11.3 Å². The number of nitrogens with zero attached hydrogens (tertiary/aromatic N) is 2. The van der Waals surface area contributed by atoms with Crippen LogP contribution in [0.4, 0.5) is 5.82 Å². The van der Waals surface area contributed by atoms with Crippen LogP contribution in [0.3, 0.4) is 0 Å². The Kier molecular flexibility index (Phi) is 2.67. The smallest absolute Gasteiger partial charge is 0.125 e. The van der Waals surface area contributed by atoms with Crippen molar-refractivity contribution in [2.75, 3.05) is 11.9 Å². The van der Waals surface area contributed by atoms with E-state index in [0.29, 0.717) is 12.0 Å². The van der Waals surface area contributed by atoms with Crippen molar-refractivity contribution < 1.29 is 0 Å². The first-order valence-electron chi connectivity index (χ1n) is 6.17. The predicted molar refractivity (Wildman–Crippen MR) is 72.5 cm³/mol. The van der Waals surface area contributed by atoms with Gasteiger partial charge in [-0.3, -0.25) is 0 Å². The van der Waals surface area contributed by atoms with E-state index in [2.05, 4.69) is 47.4 Å². The molecule has 2 atom stereocenters. The van der Waals surface area contributed by atoms with Crippen LogP contribution in [0.5, 0.6) is 0 Å². The summed E-state index contributed by atoms with van der Waals surface area (Å²) in [5.74, 6) is 1.81. The Morgan fingerprint density at radius 3 is 3.18 bits per heavy atom. The lowest BCUT2D eigenvalue weighted by molar-refractivity contribution is 0.313. The van der Waals surface area contributed by atoms with Gasteiger partial charge in [-0.1, -0.05) is 19.9 Å². The molecule has 2 unspecified atom stereocenters. The van der Waals surface area contributed by atoms with Gasteiger partial charge in [0.25, 0.3) is 0 Å². The fourth-order valence-electron chi connectivity index (χ4n) is 2.54. The predicted octanol–water partition coefficient (Wildman–Crippen LogP) is 3.62. The third kappa shape index (κ3) is 1.76. The van der Waals surface area contributed by atoms with Crippen molar-refractivity contribution in [1.82, 2.24) is 9.78 Å². The van der Waals surface area contributed by atoms with Crippen LogP contribution in [-0.2, 0) is 0 Å². The molecule has 3 heterocycles. The Hall–Kier alpha value is -1.29. The molecule has 2 aromatic heterocycles. The van der Waals surface area contributed by atoms with Crippen molar-refractivity contribution in [1.29, 1.82) is 0 Å². The van der Waals surface area contributed by atoms with E-state index >= 15 is 0 Å². The van der Waals surface area contributed by atoms with Crippen molar-refractivity contribution in [2.45, 2.75) is 26.3 Å². The summed E-state index contributed by atoms with van der Waals surface area (Å²) >= 11 is 1.75. The Labute approximate surface area is 105 Å². The molecule has 1 aliphatic heterocycles. The highest BCUT2D eigenvalue weighted by Crippen LogP contribution is 2.34. The van der Waals surface area contributed by atoms with Crippen LogP contribution >= 0.6 is 11.3 Å². The molecule has 0 radical (unpaired) electrons. The molecule has 0 fully saturated rings. The highest BCUT2D eigenvalue weighted by Gasteiger charge is 2.26. The van der Waals surface area contributed by atoms with Gasteiger partial charge in [-0.05, 0) is 23.8 Å². The molecule has 0 amide bonds. The van der Waals surface area contributed by atoms with Crippen LogP contribution in [-0.4, -0.2) is 16.3 Å². The summed E-state index contributed by atoms with van der Waals surface area (Å²) in [4.78, 5) is 1.25. The van der Waals surface area contributed by atoms with Crippen LogP contribution in [0, 0.1) is 5.92 Å². The fourth-order valence-corrected chi connectivity index (χ4v) is 3.22. The number of aromatic nitrogens is 2. The largest absolute Gasteiger partial charge is 0.370 e. The second-order valence-electron chi connectivity index (χ2n) is 4.67. The number of rotatable bonds is 2. The van der Waals surface area contributed by atoms with Gasteiger partial charge in [-0.25, -0.2) is 4.68 Å². The standard InChI is InChI=1S/C13H17N3S/c1-3-11-9(2)8-14-13-7-10(15-16(11)13)12-5-4-6-17-12/h4-7,9,11,14H,3,8H2,1-2H3. The van der Waals surface area contributed by atoms with Crippen LogP contribution in [0.15, 0.2) is 23.6 Å². The number of hydrogen-bond donors (Lipinski definition) is 1. The van der Waals surface area contributed by atoms with Gasteiger partial charge in [-0.15, -0.1) is 11.3 Å². The molecule has 2 aromatic rings. The zero-order valence-corrected chi connectivity index (χ0v) is 11.0. The van der Waals surface area contributed by atoms with E-state index < -0.39 is 0 Å². The van der Waals surface area contributed by atoms with Crippen LogP contribution in [0.2, 0.25) is 0 Å². The number of hydrogen-bond acceptors (Lipinski definition) is 3. The fraction of sp³-hybridized carbons (Fsp3) is 0.462. The normalized spacial score (nSPS) is 23.2. The number of nitrogens with one attached hydrogen (secondary N) is 1. The summed E-state index contributed by atoms with van der Waals surface area (Å²) in [7, 11) is 0. The van der Waals surface area contributed by atoms with E-state index in [9.17, 15) is 0 Å². The minimum absolute atomic E-state index is 0.528. The Morgan fingerprint density at radius 1 is 1.59 bits per heavy atom. The van der Waals surface area contributed by atoms with Crippen molar-refractivity contribution in [3.8, 4) is 10.6 Å². The molecule has 0 spiro atoms. The van der Waals surface area contributed by atoms with E-state index in [4.69, 9.17) is 5.10 Å². The Morgan fingerprint density at radius 2 is 2.47 bits per heavy atom. The first-order chi connectivity index (χ1) is 8.29. The molecule has 0 saturated heterocycles. The second kappa shape index (κ2) is 4.18.